The van der Waals surface area contributed by atoms with E-state index < -0.39 is 6.10 Å². The summed E-state index contributed by atoms with van der Waals surface area (Å²) in [5, 5.41) is 16.5. The van der Waals surface area contributed by atoms with Crippen LogP contribution in [0.15, 0.2) is 97.1 Å². The molecule has 2 unspecified atom stereocenters. The van der Waals surface area contributed by atoms with Gasteiger partial charge in [0.2, 0.25) is 0 Å². The van der Waals surface area contributed by atoms with Crippen LogP contribution in [-0.2, 0) is 22.4 Å². The lowest BCUT2D eigenvalue weighted by atomic mass is 9.93. The largest absolute Gasteiger partial charge is 0.491 e. The van der Waals surface area contributed by atoms with Crippen LogP contribution in [0.1, 0.15) is 36.6 Å². The number of nitrogens with one attached hydrogen (secondary N) is 1. The van der Waals surface area contributed by atoms with Crippen LogP contribution < -0.4 is 10.1 Å². The molecular weight excluding hydrogens is 462 g/mol. The van der Waals surface area contributed by atoms with Gasteiger partial charge in [0.05, 0.1) is 0 Å². The van der Waals surface area contributed by atoms with Crippen molar-refractivity contribution in [3.8, 4) is 5.75 Å². The number of aliphatic hydroxyl groups is 1. The van der Waals surface area contributed by atoms with Crippen molar-refractivity contribution < 1.29 is 19.4 Å². The molecule has 0 radical (unpaired) electrons. The summed E-state index contributed by atoms with van der Waals surface area (Å²) >= 11 is 0. The standard InChI is InChI=1S/C32H35NO4/c1-32(2,20-25-12-15-26-8-6-7-11-28(26)18-25)33-21-29(35)22-36-30-16-13-24(14-17-30)19-31(37-23-34)27-9-4-3-5-10-27/h3-18,23,29,31,33,35H,19-22H2,1-2H3. The Bertz CT molecular complexity index is 1270. The Morgan fingerprint density at radius 2 is 1.54 bits per heavy atom. The summed E-state index contributed by atoms with van der Waals surface area (Å²) in [5.41, 5.74) is 3.06. The first-order valence-electron chi connectivity index (χ1n) is 12.7. The second kappa shape index (κ2) is 12.5. The highest BCUT2D eigenvalue weighted by atomic mass is 16.5. The normalized spacial score (nSPS) is 13.2. The molecule has 5 heteroatoms. The van der Waals surface area contributed by atoms with Crippen LogP contribution in [0.3, 0.4) is 0 Å². The minimum Gasteiger partial charge on any atom is -0.491 e. The molecule has 37 heavy (non-hydrogen) atoms. The lowest BCUT2D eigenvalue weighted by molar-refractivity contribution is -0.133. The molecule has 0 heterocycles. The van der Waals surface area contributed by atoms with Crippen LogP contribution in [0.25, 0.3) is 10.8 Å². The summed E-state index contributed by atoms with van der Waals surface area (Å²) < 4.78 is 11.1. The maximum Gasteiger partial charge on any atom is 0.293 e. The predicted molar refractivity (Wildman–Crippen MR) is 148 cm³/mol. The summed E-state index contributed by atoms with van der Waals surface area (Å²) in [6.07, 6.45) is 0.447. The highest BCUT2D eigenvalue weighted by molar-refractivity contribution is 5.83. The van der Waals surface area contributed by atoms with Crippen LogP contribution in [0.5, 0.6) is 5.75 Å². The Morgan fingerprint density at radius 1 is 0.865 bits per heavy atom. The number of aliphatic hydroxyl groups excluding tert-OH is 1. The topological polar surface area (TPSA) is 67.8 Å². The average molecular weight is 498 g/mol. The monoisotopic (exact) mass is 497 g/mol. The molecule has 0 fully saturated rings. The number of carbonyl (C=O) groups is 1. The SMILES string of the molecule is CC(C)(Cc1ccc2ccccc2c1)NCC(O)COc1ccc(CC(OC=O)c2ccccc2)cc1. The second-order valence-corrected chi connectivity index (χ2v) is 10.1. The Hall–Kier alpha value is -3.67. The van der Waals surface area contributed by atoms with Gasteiger partial charge in [-0.05, 0) is 59.9 Å². The number of benzene rings is 4. The molecule has 4 aromatic carbocycles. The molecule has 2 atom stereocenters. The van der Waals surface area contributed by atoms with E-state index >= 15 is 0 Å². The van der Waals surface area contributed by atoms with Crippen molar-refractivity contribution >= 4 is 17.2 Å². The number of fused-ring (bicyclic) bond motifs is 1. The van der Waals surface area contributed by atoms with Gasteiger partial charge in [0.15, 0.2) is 0 Å². The zero-order chi connectivity index (χ0) is 26.1. The first-order valence-corrected chi connectivity index (χ1v) is 12.7. The van der Waals surface area contributed by atoms with Gasteiger partial charge in [-0.1, -0.05) is 84.9 Å². The summed E-state index contributed by atoms with van der Waals surface area (Å²) in [6, 6.07) is 32.3. The molecule has 4 rings (SSSR count). The fraction of sp³-hybridized carbons (Fsp3) is 0.281. The maximum absolute atomic E-state index is 11.0. The molecular formula is C32H35NO4. The smallest absolute Gasteiger partial charge is 0.293 e. The Kier molecular flexibility index (Phi) is 8.94. The number of ether oxygens (including phenoxy) is 2. The zero-order valence-electron chi connectivity index (χ0n) is 21.5. The molecule has 2 N–H and O–H groups in total. The Labute approximate surface area is 219 Å². The molecule has 0 saturated heterocycles. The fourth-order valence-corrected chi connectivity index (χ4v) is 4.48. The molecule has 0 aliphatic carbocycles. The van der Waals surface area contributed by atoms with Crippen LogP contribution in [-0.4, -0.2) is 36.4 Å². The molecule has 0 aromatic heterocycles. The van der Waals surface area contributed by atoms with Crippen molar-refractivity contribution in [1.29, 1.82) is 0 Å². The van der Waals surface area contributed by atoms with E-state index in [9.17, 15) is 9.90 Å². The van der Waals surface area contributed by atoms with Gasteiger partial charge in [-0.2, -0.15) is 0 Å². The van der Waals surface area contributed by atoms with E-state index in [0.29, 0.717) is 25.2 Å². The van der Waals surface area contributed by atoms with Gasteiger partial charge in [0.1, 0.15) is 24.6 Å². The summed E-state index contributed by atoms with van der Waals surface area (Å²) in [5.74, 6) is 0.686. The van der Waals surface area contributed by atoms with Crippen LogP contribution in [0, 0.1) is 0 Å². The molecule has 0 bridgehead atoms. The molecule has 0 aliphatic rings. The van der Waals surface area contributed by atoms with Crippen molar-refractivity contribution in [3.05, 3.63) is 114 Å². The van der Waals surface area contributed by atoms with E-state index in [1.54, 1.807) is 0 Å². The highest BCUT2D eigenvalue weighted by Crippen LogP contribution is 2.23. The van der Waals surface area contributed by atoms with E-state index in [1.165, 1.54) is 16.3 Å². The van der Waals surface area contributed by atoms with Crippen molar-refractivity contribution in [3.63, 3.8) is 0 Å². The number of rotatable bonds is 13. The number of hydrogen-bond donors (Lipinski definition) is 2. The Balaban J connectivity index is 1.24. The van der Waals surface area contributed by atoms with Crippen LogP contribution in [0.4, 0.5) is 0 Å². The van der Waals surface area contributed by atoms with Crippen molar-refractivity contribution in [2.75, 3.05) is 13.2 Å². The van der Waals surface area contributed by atoms with E-state index in [0.717, 1.165) is 17.5 Å². The van der Waals surface area contributed by atoms with Gasteiger partial charge in [0, 0.05) is 18.5 Å². The highest BCUT2D eigenvalue weighted by Gasteiger charge is 2.20. The number of β-amino-alcohol motifs (C(OH)–C–C–N with tert-alkyl or cyclic N) is 1. The van der Waals surface area contributed by atoms with Gasteiger partial charge in [0.25, 0.3) is 6.47 Å². The van der Waals surface area contributed by atoms with Gasteiger partial charge in [-0.15, -0.1) is 0 Å². The average Bonchev–Trinajstić information content (AvgIpc) is 2.91. The minimum atomic E-state index is -0.640. The summed E-state index contributed by atoms with van der Waals surface area (Å²) in [7, 11) is 0. The lowest BCUT2D eigenvalue weighted by Crippen LogP contribution is -2.46. The quantitative estimate of drug-likeness (QED) is 0.234. The molecule has 0 saturated carbocycles. The third-order valence-corrected chi connectivity index (χ3v) is 6.45. The van der Waals surface area contributed by atoms with Gasteiger partial charge in [-0.25, -0.2) is 0 Å². The lowest BCUT2D eigenvalue weighted by Gasteiger charge is -2.28. The van der Waals surface area contributed by atoms with Crippen LogP contribution in [0.2, 0.25) is 0 Å². The zero-order valence-corrected chi connectivity index (χ0v) is 21.5. The Morgan fingerprint density at radius 3 is 2.27 bits per heavy atom. The molecule has 0 spiro atoms. The van der Waals surface area contributed by atoms with Gasteiger partial charge >= 0.3 is 0 Å². The molecule has 0 amide bonds. The van der Waals surface area contributed by atoms with Gasteiger partial charge < -0.3 is 19.9 Å². The van der Waals surface area contributed by atoms with Gasteiger partial charge in [-0.3, -0.25) is 4.79 Å². The van der Waals surface area contributed by atoms with Crippen molar-refractivity contribution in [2.45, 2.75) is 44.4 Å². The maximum atomic E-state index is 11.0. The van der Waals surface area contributed by atoms with Crippen LogP contribution >= 0.6 is 0 Å². The first kappa shape index (κ1) is 26.4. The first-order chi connectivity index (χ1) is 17.9. The van der Waals surface area contributed by atoms with E-state index in [-0.39, 0.29) is 18.2 Å². The molecule has 192 valence electrons. The number of carbonyl (C=O) groups excluding carboxylic acids is 1. The van der Waals surface area contributed by atoms with E-state index in [1.807, 2.05) is 54.6 Å². The summed E-state index contributed by atoms with van der Waals surface area (Å²) in [4.78, 5) is 11.0. The van der Waals surface area contributed by atoms with E-state index in [2.05, 4.69) is 61.6 Å². The fourth-order valence-electron chi connectivity index (χ4n) is 4.48. The van der Waals surface area contributed by atoms with Crippen molar-refractivity contribution in [2.24, 2.45) is 0 Å². The summed E-state index contributed by atoms with van der Waals surface area (Å²) in [6.45, 7) is 5.41. The molecule has 4 aromatic rings. The predicted octanol–water partition coefficient (Wildman–Crippen LogP) is 5.65. The third-order valence-electron chi connectivity index (χ3n) is 6.45. The number of hydrogen-bond acceptors (Lipinski definition) is 5. The molecule has 0 aliphatic heterocycles. The van der Waals surface area contributed by atoms with Crippen molar-refractivity contribution in [1.82, 2.24) is 5.32 Å². The molecule has 5 nitrogen and oxygen atoms in total. The van der Waals surface area contributed by atoms with E-state index in [4.69, 9.17) is 9.47 Å². The second-order valence-electron chi connectivity index (χ2n) is 10.1. The third kappa shape index (κ3) is 7.91. The minimum absolute atomic E-state index is 0.177.